The van der Waals surface area contributed by atoms with Crippen LogP contribution in [0, 0.1) is 6.92 Å². The number of benzene rings is 1. The fraction of sp³-hybridized carbons (Fsp3) is 0.333. The molecule has 1 rings (SSSR count). The molecule has 0 amide bonds. The highest BCUT2D eigenvalue weighted by atomic mass is 19.3. The van der Waals surface area contributed by atoms with E-state index in [1.54, 1.807) is 6.92 Å². The Kier molecular flexibility index (Phi) is 2.52. The summed E-state index contributed by atoms with van der Waals surface area (Å²) in [5, 5.41) is 9.18. The fourth-order valence-electron chi connectivity index (χ4n) is 0.955. The summed E-state index contributed by atoms with van der Waals surface area (Å²) >= 11 is 0. The molecule has 13 heavy (non-hydrogen) atoms. The van der Waals surface area contributed by atoms with Crippen molar-refractivity contribution < 1.29 is 13.9 Å². The van der Waals surface area contributed by atoms with Crippen molar-refractivity contribution in [2.75, 3.05) is 6.54 Å². The van der Waals surface area contributed by atoms with Crippen molar-refractivity contribution in [1.29, 1.82) is 0 Å². The van der Waals surface area contributed by atoms with Gasteiger partial charge >= 0.3 is 0 Å². The third-order valence-corrected chi connectivity index (χ3v) is 1.89. The molecule has 0 radical (unpaired) electrons. The molecule has 2 nitrogen and oxygen atoms in total. The van der Waals surface area contributed by atoms with Gasteiger partial charge in [-0.25, -0.2) is 0 Å². The van der Waals surface area contributed by atoms with Crippen LogP contribution in [0.3, 0.4) is 0 Å². The average Bonchev–Trinajstić information content (AvgIpc) is 2.09. The molecule has 0 spiro atoms. The van der Waals surface area contributed by atoms with E-state index in [1.807, 2.05) is 0 Å². The molecule has 3 N–H and O–H groups in total. The van der Waals surface area contributed by atoms with Gasteiger partial charge in [0.25, 0.3) is 5.92 Å². The quantitative estimate of drug-likeness (QED) is 0.740. The number of rotatable bonds is 2. The van der Waals surface area contributed by atoms with Crippen LogP contribution in [0.15, 0.2) is 18.2 Å². The Morgan fingerprint density at radius 1 is 1.46 bits per heavy atom. The molecule has 0 heterocycles. The molecule has 4 heteroatoms. The minimum atomic E-state index is -3.06. The zero-order valence-corrected chi connectivity index (χ0v) is 7.22. The number of phenolic OH excluding ortho intramolecular Hbond substituents is 1. The highest BCUT2D eigenvalue weighted by molar-refractivity contribution is 5.37. The standard InChI is InChI=1S/C9H11F2NO/c1-6-2-3-7(4-8(6)13)9(10,11)5-12/h2-4,13H,5,12H2,1H3. The van der Waals surface area contributed by atoms with Gasteiger partial charge in [-0.15, -0.1) is 0 Å². The van der Waals surface area contributed by atoms with Crippen LogP contribution in [-0.4, -0.2) is 11.7 Å². The van der Waals surface area contributed by atoms with Crippen molar-refractivity contribution in [3.05, 3.63) is 29.3 Å². The largest absolute Gasteiger partial charge is 0.508 e. The number of hydrogen-bond acceptors (Lipinski definition) is 2. The fourth-order valence-corrected chi connectivity index (χ4v) is 0.955. The topological polar surface area (TPSA) is 46.2 Å². The Labute approximate surface area is 75.0 Å². The van der Waals surface area contributed by atoms with Gasteiger partial charge in [0.05, 0.1) is 6.54 Å². The van der Waals surface area contributed by atoms with E-state index in [2.05, 4.69) is 0 Å². The molecule has 0 aromatic heterocycles. The summed E-state index contributed by atoms with van der Waals surface area (Å²) in [7, 11) is 0. The van der Waals surface area contributed by atoms with Crippen molar-refractivity contribution in [3.8, 4) is 5.75 Å². The van der Waals surface area contributed by atoms with E-state index in [0.717, 1.165) is 6.07 Å². The van der Waals surface area contributed by atoms with Gasteiger partial charge in [-0.2, -0.15) is 8.78 Å². The summed E-state index contributed by atoms with van der Waals surface area (Å²) in [6, 6.07) is 3.75. The Bertz CT molecular complexity index is 312. The van der Waals surface area contributed by atoms with Gasteiger partial charge in [-0.3, -0.25) is 0 Å². The smallest absolute Gasteiger partial charge is 0.285 e. The summed E-state index contributed by atoms with van der Waals surface area (Å²) in [6.07, 6.45) is 0. The van der Waals surface area contributed by atoms with E-state index in [1.165, 1.54) is 12.1 Å². The third kappa shape index (κ3) is 1.95. The summed E-state index contributed by atoms with van der Waals surface area (Å²) in [6.45, 7) is 0.884. The number of hydrogen-bond donors (Lipinski definition) is 2. The number of nitrogens with two attached hydrogens (primary N) is 1. The number of halogens is 2. The lowest BCUT2D eigenvalue weighted by atomic mass is 10.1. The molecular formula is C9H11F2NO. The van der Waals surface area contributed by atoms with Gasteiger partial charge in [-0.1, -0.05) is 12.1 Å². The van der Waals surface area contributed by atoms with Crippen LogP contribution in [0.25, 0.3) is 0 Å². The second-order valence-electron chi connectivity index (χ2n) is 2.91. The molecule has 1 aromatic rings. The molecule has 0 saturated heterocycles. The predicted molar refractivity (Wildman–Crippen MR) is 45.8 cm³/mol. The molecular weight excluding hydrogens is 176 g/mol. The maximum atomic E-state index is 13.0. The maximum Gasteiger partial charge on any atom is 0.285 e. The number of aryl methyl sites for hydroxylation is 1. The van der Waals surface area contributed by atoms with E-state index < -0.39 is 12.5 Å². The van der Waals surface area contributed by atoms with E-state index in [9.17, 15) is 13.9 Å². The van der Waals surface area contributed by atoms with Crippen LogP contribution in [0.1, 0.15) is 11.1 Å². The lowest BCUT2D eigenvalue weighted by molar-refractivity contribution is 0.00574. The van der Waals surface area contributed by atoms with Gasteiger partial charge in [0.1, 0.15) is 5.75 Å². The van der Waals surface area contributed by atoms with Crippen LogP contribution in [0.2, 0.25) is 0 Å². The van der Waals surface area contributed by atoms with Crippen LogP contribution in [0.4, 0.5) is 8.78 Å². The minimum Gasteiger partial charge on any atom is -0.508 e. The lowest BCUT2D eigenvalue weighted by Crippen LogP contribution is -2.24. The Morgan fingerprint density at radius 3 is 2.54 bits per heavy atom. The van der Waals surface area contributed by atoms with E-state index >= 15 is 0 Å². The summed E-state index contributed by atoms with van der Waals surface area (Å²) in [4.78, 5) is 0. The summed E-state index contributed by atoms with van der Waals surface area (Å²) in [5.41, 5.74) is 5.21. The summed E-state index contributed by atoms with van der Waals surface area (Å²) in [5.74, 6) is -3.20. The number of alkyl halides is 2. The molecule has 0 saturated carbocycles. The molecule has 0 fully saturated rings. The number of aromatic hydroxyl groups is 1. The SMILES string of the molecule is Cc1ccc(C(F)(F)CN)cc1O. The molecule has 0 aliphatic rings. The van der Waals surface area contributed by atoms with Crippen LogP contribution in [-0.2, 0) is 5.92 Å². The highest BCUT2D eigenvalue weighted by Gasteiger charge is 2.29. The van der Waals surface area contributed by atoms with Gasteiger partial charge in [-0.05, 0) is 18.6 Å². The second kappa shape index (κ2) is 3.30. The van der Waals surface area contributed by atoms with E-state index in [-0.39, 0.29) is 11.3 Å². The predicted octanol–water partition coefficient (Wildman–Crippen LogP) is 1.75. The molecule has 0 atom stereocenters. The molecule has 0 bridgehead atoms. The first-order chi connectivity index (χ1) is 5.97. The van der Waals surface area contributed by atoms with E-state index in [0.29, 0.717) is 5.56 Å². The second-order valence-corrected chi connectivity index (χ2v) is 2.91. The monoisotopic (exact) mass is 187 g/mol. The first-order valence-corrected chi connectivity index (χ1v) is 3.85. The first-order valence-electron chi connectivity index (χ1n) is 3.85. The van der Waals surface area contributed by atoms with Crippen LogP contribution in [0.5, 0.6) is 5.75 Å². The van der Waals surface area contributed by atoms with Gasteiger partial charge in [0.15, 0.2) is 0 Å². The third-order valence-electron chi connectivity index (χ3n) is 1.89. The van der Waals surface area contributed by atoms with Crippen LogP contribution >= 0.6 is 0 Å². The summed E-state index contributed by atoms with van der Waals surface area (Å²) < 4.78 is 25.9. The molecule has 0 aliphatic carbocycles. The highest BCUT2D eigenvalue weighted by Crippen LogP contribution is 2.30. The molecule has 72 valence electrons. The Morgan fingerprint density at radius 2 is 2.08 bits per heavy atom. The van der Waals surface area contributed by atoms with Crippen molar-refractivity contribution >= 4 is 0 Å². The van der Waals surface area contributed by atoms with Gasteiger partial charge in [0.2, 0.25) is 0 Å². The maximum absolute atomic E-state index is 13.0. The number of phenols is 1. The molecule has 0 aliphatic heterocycles. The molecule has 1 aromatic carbocycles. The first kappa shape index (κ1) is 9.92. The minimum absolute atomic E-state index is 0.134. The van der Waals surface area contributed by atoms with Crippen molar-refractivity contribution in [2.24, 2.45) is 5.73 Å². The van der Waals surface area contributed by atoms with Crippen molar-refractivity contribution in [3.63, 3.8) is 0 Å². The molecule has 0 unspecified atom stereocenters. The van der Waals surface area contributed by atoms with Gasteiger partial charge in [0, 0.05) is 5.56 Å². The zero-order valence-electron chi connectivity index (χ0n) is 7.22. The van der Waals surface area contributed by atoms with E-state index in [4.69, 9.17) is 5.73 Å². The zero-order chi connectivity index (χ0) is 10.1. The van der Waals surface area contributed by atoms with Crippen molar-refractivity contribution in [1.82, 2.24) is 0 Å². The Balaban J connectivity index is 3.10. The van der Waals surface area contributed by atoms with Gasteiger partial charge < -0.3 is 10.8 Å². The van der Waals surface area contributed by atoms with Crippen LogP contribution < -0.4 is 5.73 Å². The average molecular weight is 187 g/mol. The Hall–Kier alpha value is -1.16. The lowest BCUT2D eigenvalue weighted by Gasteiger charge is -2.14. The van der Waals surface area contributed by atoms with Crippen molar-refractivity contribution in [2.45, 2.75) is 12.8 Å². The normalized spacial score (nSPS) is 11.7.